The molecule has 0 amide bonds. The molecule has 0 heterocycles. The molecule has 0 saturated heterocycles. The molecule has 308 valence electrons. The van der Waals surface area contributed by atoms with E-state index < -0.39 is 18.1 Å². The molecule has 2 unspecified atom stereocenters. The zero-order valence-corrected chi connectivity index (χ0v) is 34.8. The van der Waals surface area contributed by atoms with Gasteiger partial charge in [0.1, 0.15) is 6.61 Å². The van der Waals surface area contributed by atoms with Crippen molar-refractivity contribution in [3.05, 3.63) is 109 Å². The van der Waals surface area contributed by atoms with Gasteiger partial charge in [-0.15, -0.1) is 0 Å². The number of carbonyl (C=O) groups excluding carboxylic acids is 2. The largest absolute Gasteiger partial charge is 0.477 e. The van der Waals surface area contributed by atoms with E-state index >= 15 is 0 Å². The van der Waals surface area contributed by atoms with Crippen molar-refractivity contribution in [1.29, 1.82) is 0 Å². The number of hydrogen-bond acceptors (Lipinski definition) is 6. The van der Waals surface area contributed by atoms with Gasteiger partial charge < -0.3 is 23.8 Å². The van der Waals surface area contributed by atoms with Gasteiger partial charge in [-0.1, -0.05) is 155 Å². The molecule has 0 saturated carbocycles. The highest BCUT2D eigenvalue weighted by Crippen LogP contribution is 2.11. The number of rotatable bonds is 34. The van der Waals surface area contributed by atoms with Crippen LogP contribution in [0.4, 0.5) is 0 Å². The summed E-state index contributed by atoms with van der Waals surface area (Å²) in [7, 11) is 5.47. The van der Waals surface area contributed by atoms with Crippen LogP contribution in [0.2, 0.25) is 0 Å². The Kier molecular flexibility index (Phi) is 34.2. The van der Waals surface area contributed by atoms with Crippen LogP contribution in [-0.2, 0) is 28.6 Å². The summed E-state index contributed by atoms with van der Waals surface area (Å²) in [6.07, 6.45) is 50.0. The number of hydrogen-bond donors (Lipinski definition) is 1. The summed E-state index contributed by atoms with van der Waals surface area (Å²) in [4.78, 5) is 36.9. The van der Waals surface area contributed by atoms with Crippen molar-refractivity contribution < 1.29 is 38.2 Å². The van der Waals surface area contributed by atoms with E-state index in [1.165, 1.54) is 19.3 Å². The Bertz CT molecular complexity index is 1260. The summed E-state index contributed by atoms with van der Waals surface area (Å²) in [6, 6.07) is -0.638. The van der Waals surface area contributed by atoms with Gasteiger partial charge in [0.2, 0.25) is 0 Å². The monoisotopic (exact) mass is 765 g/mol. The van der Waals surface area contributed by atoms with E-state index in [-0.39, 0.29) is 42.7 Å². The molecule has 8 nitrogen and oxygen atoms in total. The van der Waals surface area contributed by atoms with Crippen LogP contribution in [0.5, 0.6) is 0 Å². The molecule has 0 bridgehead atoms. The molecule has 2 atom stereocenters. The number of unbranched alkanes of at least 4 members (excludes halogenated alkanes) is 9. The first-order valence-corrected chi connectivity index (χ1v) is 20.5. The molecule has 0 aromatic rings. The molecule has 0 aliphatic rings. The summed E-state index contributed by atoms with van der Waals surface area (Å²) in [5, 5.41) is 9.60. The first kappa shape index (κ1) is 51.0. The molecule has 55 heavy (non-hydrogen) atoms. The molecule has 0 fully saturated rings. The second kappa shape index (κ2) is 36.9. The first-order chi connectivity index (χ1) is 26.6. The number of allylic oxidation sites excluding steroid dienone is 18. The minimum Gasteiger partial charge on any atom is -0.477 e. The van der Waals surface area contributed by atoms with E-state index in [1.54, 1.807) is 0 Å². The fraction of sp³-hybridized carbons (Fsp3) is 0.553. The smallest absolute Gasteiger partial charge is 0.362 e. The lowest BCUT2D eigenvalue weighted by molar-refractivity contribution is -0.887. The molecule has 0 aliphatic carbocycles. The predicted molar refractivity (Wildman–Crippen MR) is 229 cm³/mol. The lowest BCUT2D eigenvalue weighted by atomic mass is 10.1. The van der Waals surface area contributed by atoms with Gasteiger partial charge in [0, 0.05) is 19.3 Å². The van der Waals surface area contributed by atoms with Crippen LogP contribution in [0.25, 0.3) is 0 Å². The fourth-order valence-electron chi connectivity index (χ4n) is 5.19. The van der Waals surface area contributed by atoms with Crippen molar-refractivity contribution in [3.8, 4) is 0 Å². The van der Waals surface area contributed by atoms with E-state index in [0.717, 1.165) is 51.4 Å². The van der Waals surface area contributed by atoms with Crippen LogP contribution >= 0.6 is 0 Å². The molecular formula is C47H74NO7+. The van der Waals surface area contributed by atoms with E-state index in [4.69, 9.17) is 14.2 Å². The molecule has 1 N–H and O–H groups in total. The third-order valence-electron chi connectivity index (χ3n) is 8.38. The normalized spacial score (nSPS) is 14.1. The lowest BCUT2D eigenvalue weighted by Crippen LogP contribution is -2.50. The van der Waals surface area contributed by atoms with Crippen LogP contribution in [0.3, 0.4) is 0 Å². The highest BCUT2D eigenvalue weighted by molar-refractivity contribution is 5.72. The van der Waals surface area contributed by atoms with Crippen LogP contribution < -0.4 is 0 Å². The number of aliphatic carboxylic acids is 1. The van der Waals surface area contributed by atoms with Gasteiger partial charge in [-0.25, -0.2) is 4.79 Å². The van der Waals surface area contributed by atoms with Crippen molar-refractivity contribution in [3.63, 3.8) is 0 Å². The van der Waals surface area contributed by atoms with Crippen molar-refractivity contribution in [1.82, 2.24) is 0 Å². The number of ether oxygens (including phenoxy) is 3. The van der Waals surface area contributed by atoms with Gasteiger partial charge in [0.15, 0.2) is 12.1 Å². The summed E-state index contributed by atoms with van der Waals surface area (Å²) < 4.78 is 17.1. The van der Waals surface area contributed by atoms with Crippen molar-refractivity contribution in [2.24, 2.45) is 0 Å². The Morgan fingerprint density at radius 2 is 1.04 bits per heavy atom. The average molecular weight is 765 g/mol. The number of carbonyl (C=O) groups is 3. The third-order valence-corrected chi connectivity index (χ3v) is 8.38. The standard InChI is InChI=1S/C47H73NO7/c1-6-8-10-12-14-16-18-20-21-22-23-24-26-27-29-31-33-35-37-45(49)54-42-43(41-53-40-39-44(47(51)52)48(3,4)5)55-46(50)38-36-34-32-30-28-25-19-17-15-13-11-9-7-2/h9,11,13-25,28,30,32,43-44H,6-8,10,12,26-27,29,31,33-42H2,1-5H3/p+1/b11-9+,15-13+,16-14+,19-17+,20-18+,22-21+,24-23+,28-25+,32-30+. The van der Waals surface area contributed by atoms with Gasteiger partial charge >= 0.3 is 17.9 Å². The fourth-order valence-corrected chi connectivity index (χ4v) is 5.19. The van der Waals surface area contributed by atoms with E-state index in [2.05, 4.69) is 56.4 Å². The molecule has 0 aliphatic heterocycles. The van der Waals surface area contributed by atoms with Gasteiger partial charge in [0.25, 0.3) is 0 Å². The van der Waals surface area contributed by atoms with Crippen LogP contribution in [0, 0.1) is 0 Å². The zero-order chi connectivity index (χ0) is 40.7. The highest BCUT2D eigenvalue weighted by atomic mass is 16.6. The molecular weight excluding hydrogens is 691 g/mol. The van der Waals surface area contributed by atoms with Crippen molar-refractivity contribution in [2.45, 2.75) is 129 Å². The lowest BCUT2D eigenvalue weighted by Gasteiger charge is -2.31. The summed E-state index contributed by atoms with van der Waals surface area (Å²) in [5.74, 6) is -1.62. The molecule has 0 aromatic carbocycles. The molecule has 8 heteroatoms. The summed E-state index contributed by atoms with van der Waals surface area (Å²) in [6.45, 7) is 4.41. The number of carboxylic acid groups (broad SMARTS) is 1. The zero-order valence-electron chi connectivity index (χ0n) is 34.8. The Morgan fingerprint density at radius 1 is 0.564 bits per heavy atom. The maximum absolute atomic E-state index is 12.6. The van der Waals surface area contributed by atoms with E-state index in [0.29, 0.717) is 25.7 Å². The maximum Gasteiger partial charge on any atom is 0.362 e. The number of esters is 2. The predicted octanol–water partition coefficient (Wildman–Crippen LogP) is 10.9. The SMILES string of the molecule is CC/C=C/C=C/C=C/C=C/C=C/CCCC(=O)OC(COCCC(C(=O)O)[N+](C)(C)C)COC(=O)CCCCCCC/C=C/C=C/C=C/C=C/CCCCC. The Balaban J connectivity index is 4.56. The molecule has 0 spiro atoms. The van der Waals surface area contributed by atoms with E-state index in [9.17, 15) is 19.5 Å². The minimum absolute atomic E-state index is 0.0161. The molecule has 0 radical (unpaired) electrons. The van der Waals surface area contributed by atoms with Gasteiger partial charge in [0.05, 0.1) is 34.4 Å². The van der Waals surface area contributed by atoms with Crippen LogP contribution in [0.1, 0.15) is 117 Å². The first-order valence-electron chi connectivity index (χ1n) is 20.5. The Morgan fingerprint density at radius 3 is 1.56 bits per heavy atom. The molecule has 0 aromatic heterocycles. The Hall–Kier alpha value is -4.01. The quantitative estimate of drug-likeness (QED) is 0.0301. The third kappa shape index (κ3) is 35.4. The number of likely N-dealkylation sites (N-methyl/N-ethyl adjacent to an activating group) is 1. The maximum atomic E-state index is 12.6. The van der Waals surface area contributed by atoms with Crippen molar-refractivity contribution in [2.75, 3.05) is 41.0 Å². The average Bonchev–Trinajstić information content (AvgIpc) is 3.14. The Labute approximate surface area is 334 Å². The number of nitrogens with zero attached hydrogens (tertiary/aromatic N) is 1. The van der Waals surface area contributed by atoms with Gasteiger partial charge in [-0.3, -0.25) is 9.59 Å². The topological polar surface area (TPSA) is 99.1 Å². The minimum atomic E-state index is -0.897. The second-order valence-corrected chi connectivity index (χ2v) is 14.4. The van der Waals surface area contributed by atoms with E-state index in [1.807, 2.05) is 88.0 Å². The van der Waals surface area contributed by atoms with Crippen LogP contribution in [0.15, 0.2) is 109 Å². The highest BCUT2D eigenvalue weighted by Gasteiger charge is 2.31. The van der Waals surface area contributed by atoms with Gasteiger partial charge in [-0.05, 0) is 51.4 Å². The second-order valence-electron chi connectivity index (χ2n) is 14.4. The van der Waals surface area contributed by atoms with Crippen molar-refractivity contribution >= 4 is 17.9 Å². The summed E-state index contributed by atoms with van der Waals surface area (Å²) in [5.41, 5.74) is 0. The summed E-state index contributed by atoms with van der Waals surface area (Å²) >= 11 is 0. The molecule has 0 rings (SSSR count). The number of quaternary nitrogens is 1. The van der Waals surface area contributed by atoms with Gasteiger partial charge in [-0.2, -0.15) is 0 Å². The van der Waals surface area contributed by atoms with Crippen LogP contribution in [-0.4, -0.2) is 80.6 Å². The number of carboxylic acids is 1.